The van der Waals surface area contributed by atoms with Crippen molar-refractivity contribution in [1.29, 1.82) is 0 Å². The number of nitrogens with one attached hydrogen (secondary N) is 1. The van der Waals surface area contributed by atoms with Crippen LogP contribution in [0.5, 0.6) is 0 Å². The Hall–Kier alpha value is -3.27. The molecule has 0 aliphatic rings. The molecule has 2 aromatic heterocycles. The zero-order chi connectivity index (χ0) is 17.2. The van der Waals surface area contributed by atoms with Gasteiger partial charge in [0.1, 0.15) is 11.3 Å². The molecule has 0 saturated heterocycles. The number of para-hydroxylation sites is 1. The van der Waals surface area contributed by atoms with E-state index in [-0.39, 0.29) is 11.9 Å². The van der Waals surface area contributed by atoms with Gasteiger partial charge in [0.25, 0.3) is 5.91 Å². The topological polar surface area (TPSA) is 47.2 Å². The van der Waals surface area contributed by atoms with Gasteiger partial charge >= 0.3 is 0 Å². The Balaban J connectivity index is 1.49. The minimum atomic E-state index is -0.205. The van der Waals surface area contributed by atoms with Crippen LogP contribution in [0, 0.1) is 0 Å². The second kappa shape index (κ2) is 6.32. The highest BCUT2D eigenvalue weighted by Crippen LogP contribution is 2.23. The fourth-order valence-electron chi connectivity index (χ4n) is 2.86. The van der Waals surface area contributed by atoms with Gasteiger partial charge < -0.3 is 14.3 Å². The van der Waals surface area contributed by atoms with Crippen molar-refractivity contribution >= 4 is 16.9 Å². The fourth-order valence-corrected chi connectivity index (χ4v) is 2.86. The van der Waals surface area contributed by atoms with Crippen molar-refractivity contribution in [1.82, 2.24) is 9.88 Å². The number of furan rings is 1. The molecule has 0 radical (unpaired) electrons. The van der Waals surface area contributed by atoms with Crippen LogP contribution in [0.4, 0.5) is 0 Å². The van der Waals surface area contributed by atoms with Crippen molar-refractivity contribution in [3.63, 3.8) is 0 Å². The molecule has 124 valence electrons. The van der Waals surface area contributed by atoms with Gasteiger partial charge in [0.15, 0.2) is 0 Å². The van der Waals surface area contributed by atoms with E-state index < -0.39 is 0 Å². The predicted octanol–water partition coefficient (Wildman–Crippen LogP) is 4.71. The number of hydrogen-bond acceptors (Lipinski definition) is 2. The zero-order valence-electron chi connectivity index (χ0n) is 13.8. The van der Waals surface area contributed by atoms with Gasteiger partial charge in [-0.3, -0.25) is 4.79 Å². The molecule has 2 heterocycles. The van der Waals surface area contributed by atoms with Gasteiger partial charge in [-0.15, -0.1) is 0 Å². The van der Waals surface area contributed by atoms with Crippen LogP contribution < -0.4 is 5.32 Å². The van der Waals surface area contributed by atoms with Crippen molar-refractivity contribution in [2.45, 2.75) is 13.0 Å². The third kappa shape index (κ3) is 3.06. The first-order chi connectivity index (χ1) is 12.2. The van der Waals surface area contributed by atoms with E-state index in [1.165, 1.54) is 0 Å². The maximum Gasteiger partial charge on any atom is 0.251 e. The number of rotatable bonds is 4. The van der Waals surface area contributed by atoms with Gasteiger partial charge in [-0.2, -0.15) is 0 Å². The molecule has 25 heavy (non-hydrogen) atoms. The van der Waals surface area contributed by atoms with Crippen molar-refractivity contribution in [2.24, 2.45) is 0 Å². The molecule has 4 rings (SSSR count). The van der Waals surface area contributed by atoms with E-state index in [0.717, 1.165) is 22.4 Å². The Labute approximate surface area is 145 Å². The molecule has 0 spiro atoms. The summed E-state index contributed by atoms with van der Waals surface area (Å²) in [4.78, 5) is 12.5. The maximum absolute atomic E-state index is 12.5. The van der Waals surface area contributed by atoms with Gasteiger partial charge in [0, 0.05) is 29.0 Å². The SMILES string of the molecule is CC(NC(=O)c1ccc(-n2cccc2)cc1)c1cc2ccccc2o1. The number of amides is 1. The highest BCUT2D eigenvalue weighted by atomic mass is 16.3. The van der Waals surface area contributed by atoms with Gasteiger partial charge in [-0.05, 0) is 55.5 Å². The third-order valence-corrected chi connectivity index (χ3v) is 4.25. The van der Waals surface area contributed by atoms with E-state index in [2.05, 4.69) is 5.32 Å². The second-order valence-electron chi connectivity index (χ2n) is 6.02. The summed E-state index contributed by atoms with van der Waals surface area (Å²) in [7, 11) is 0. The molecule has 0 aliphatic heterocycles. The molecule has 4 aromatic rings. The molecular formula is C21H18N2O2. The molecule has 0 saturated carbocycles. The summed E-state index contributed by atoms with van der Waals surface area (Å²) in [5, 5.41) is 4.02. The molecule has 2 aromatic carbocycles. The molecule has 1 N–H and O–H groups in total. The number of hydrogen-bond donors (Lipinski definition) is 1. The van der Waals surface area contributed by atoms with Crippen LogP contribution in [0.2, 0.25) is 0 Å². The van der Waals surface area contributed by atoms with E-state index in [4.69, 9.17) is 4.42 Å². The van der Waals surface area contributed by atoms with Crippen LogP contribution >= 0.6 is 0 Å². The predicted molar refractivity (Wildman–Crippen MR) is 97.9 cm³/mol. The van der Waals surface area contributed by atoms with E-state index in [0.29, 0.717) is 5.56 Å². The lowest BCUT2D eigenvalue weighted by Crippen LogP contribution is -2.26. The van der Waals surface area contributed by atoms with E-state index in [9.17, 15) is 4.79 Å². The first kappa shape index (κ1) is 15.3. The Morgan fingerprint density at radius 3 is 2.44 bits per heavy atom. The Kier molecular flexibility index (Phi) is 3.86. The first-order valence-electron chi connectivity index (χ1n) is 8.23. The molecule has 4 nitrogen and oxygen atoms in total. The summed E-state index contributed by atoms with van der Waals surface area (Å²) >= 11 is 0. The van der Waals surface area contributed by atoms with Crippen molar-refractivity contribution in [3.8, 4) is 5.69 Å². The summed E-state index contributed by atoms with van der Waals surface area (Å²) < 4.78 is 7.82. The third-order valence-electron chi connectivity index (χ3n) is 4.25. The largest absolute Gasteiger partial charge is 0.459 e. The normalized spacial score (nSPS) is 12.2. The number of fused-ring (bicyclic) bond motifs is 1. The summed E-state index contributed by atoms with van der Waals surface area (Å²) in [6.07, 6.45) is 3.94. The highest BCUT2D eigenvalue weighted by Gasteiger charge is 2.15. The van der Waals surface area contributed by atoms with Crippen LogP contribution in [-0.2, 0) is 0 Å². The number of benzene rings is 2. The minimum absolute atomic E-state index is 0.119. The molecule has 1 unspecified atom stereocenters. The van der Waals surface area contributed by atoms with Crippen LogP contribution in [0.3, 0.4) is 0 Å². The van der Waals surface area contributed by atoms with Crippen molar-refractivity contribution in [3.05, 3.63) is 90.4 Å². The maximum atomic E-state index is 12.5. The van der Waals surface area contributed by atoms with E-state index >= 15 is 0 Å². The monoisotopic (exact) mass is 330 g/mol. The lowest BCUT2D eigenvalue weighted by Gasteiger charge is -2.12. The summed E-state index contributed by atoms with van der Waals surface area (Å²) in [6.45, 7) is 1.92. The summed E-state index contributed by atoms with van der Waals surface area (Å²) in [5.41, 5.74) is 2.47. The quantitative estimate of drug-likeness (QED) is 0.589. The van der Waals surface area contributed by atoms with Crippen molar-refractivity contribution < 1.29 is 9.21 Å². The Morgan fingerprint density at radius 2 is 1.72 bits per heavy atom. The van der Waals surface area contributed by atoms with Crippen LogP contribution in [0.1, 0.15) is 29.1 Å². The lowest BCUT2D eigenvalue weighted by atomic mass is 10.1. The van der Waals surface area contributed by atoms with Gasteiger partial charge in [-0.1, -0.05) is 18.2 Å². The molecular weight excluding hydrogens is 312 g/mol. The van der Waals surface area contributed by atoms with Crippen LogP contribution in [0.15, 0.2) is 83.5 Å². The fraction of sp³-hybridized carbons (Fsp3) is 0.0952. The molecule has 1 amide bonds. The zero-order valence-corrected chi connectivity index (χ0v) is 13.8. The first-order valence-corrected chi connectivity index (χ1v) is 8.23. The van der Waals surface area contributed by atoms with Crippen LogP contribution in [0.25, 0.3) is 16.7 Å². The summed E-state index contributed by atoms with van der Waals surface area (Å²) in [6, 6.07) is 21.0. The smallest absolute Gasteiger partial charge is 0.251 e. The van der Waals surface area contributed by atoms with Gasteiger partial charge in [-0.25, -0.2) is 0 Å². The average molecular weight is 330 g/mol. The number of carbonyl (C=O) groups is 1. The van der Waals surface area contributed by atoms with Crippen LogP contribution in [-0.4, -0.2) is 10.5 Å². The minimum Gasteiger partial charge on any atom is -0.459 e. The molecule has 0 bridgehead atoms. The second-order valence-corrected chi connectivity index (χ2v) is 6.02. The van der Waals surface area contributed by atoms with E-state index in [1.54, 1.807) is 0 Å². The molecule has 1 atom stereocenters. The average Bonchev–Trinajstić information content (AvgIpc) is 3.31. The van der Waals surface area contributed by atoms with Gasteiger partial charge in [0.2, 0.25) is 0 Å². The Bertz CT molecular complexity index is 965. The Morgan fingerprint density at radius 1 is 1.00 bits per heavy atom. The van der Waals surface area contributed by atoms with Crippen molar-refractivity contribution in [2.75, 3.05) is 0 Å². The molecule has 4 heteroatoms. The molecule has 0 aliphatic carbocycles. The standard InChI is InChI=1S/C21H18N2O2/c1-15(20-14-17-6-2-3-7-19(17)25-20)22-21(24)16-8-10-18(11-9-16)23-12-4-5-13-23/h2-15H,1H3,(H,22,24). The number of aromatic nitrogens is 1. The lowest BCUT2D eigenvalue weighted by molar-refractivity contribution is 0.0935. The summed E-state index contributed by atoms with van der Waals surface area (Å²) in [5.74, 6) is 0.630. The highest BCUT2D eigenvalue weighted by molar-refractivity contribution is 5.94. The van der Waals surface area contributed by atoms with E-state index in [1.807, 2.05) is 90.6 Å². The molecule has 0 fully saturated rings. The van der Waals surface area contributed by atoms with Gasteiger partial charge in [0.05, 0.1) is 6.04 Å². The number of nitrogens with zero attached hydrogens (tertiary/aromatic N) is 1. The number of carbonyl (C=O) groups excluding carboxylic acids is 1.